The summed E-state index contributed by atoms with van der Waals surface area (Å²) in [5.41, 5.74) is 6.25. The van der Waals surface area contributed by atoms with Crippen LogP contribution in [0.5, 0.6) is 0 Å². The van der Waals surface area contributed by atoms with Gasteiger partial charge in [-0.05, 0) is 65.3 Å². The molecule has 0 spiro atoms. The Hall–Kier alpha value is -3.37. The summed E-state index contributed by atoms with van der Waals surface area (Å²) >= 11 is 0. The van der Waals surface area contributed by atoms with Gasteiger partial charge in [0.25, 0.3) is 0 Å². The van der Waals surface area contributed by atoms with Crippen LogP contribution < -0.4 is 0 Å². The molecule has 0 heterocycles. The molecule has 0 atom stereocenters. The zero-order valence-corrected chi connectivity index (χ0v) is 16.1. The fraction of sp³-hybridized carbons (Fsp3) is 0.111. The lowest BCUT2D eigenvalue weighted by Gasteiger charge is -2.04. The summed E-state index contributed by atoms with van der Waals surface area (Å²) in [5, 5.41) is 1.52. The first kappa shape index (κ1) is 18.0. The first-order chi connectivity index (χ1) is 13.6. The molecule has 0 bridgehead atoms. The van der Waals surface area contributed by atoms with Crippen LogP contribution >= 0.6 is 0 Å². The van der Waals surface area contributed by atoms with Gasteiger partial charge in [-0.3, -0.25) is 0 Å². The van der Waals surface area contributed by atoms with Crippen LogP contribution in [0.3, 0.4) is 0 Å². The maximum absolute atomic E-state index is 14.2. The van der Waals surface area contributed by atoms with Crippen LogP contribution in [-0.4, -0.2) is 0 Å². The predicted octanol–water partition coefficient (Wildman–Crippen LogP) is 6.92. The monoisotopic (exact) mass is 364 g/mol. The number of hydrogen-bond acceptors (Lipinski definition) is 0. The van der Waals surface area contributed by atoms with Gasteiger partial charge in [-0.2, -0.15) is 0 Å². The normalized spacial score (nSPS) is 10.5. The van der Waals surface area contributed by atoms with Gasteiger partial charge in [0.15, 0.2) is 0 Å². The van der Waals surface area contributed by atoms with Crippen molar-refractivity contribution in [3.63, 3.8) is 0 Å². The molecule has 28 heavy (non-hydrogen) atoms. The van der Waals surface area contributed by atoms with Gasteiger partial charge >= 0.3 is 0 Å². The second-order valence-corrected chi connectivity index (χ2v) is 7.01. The number of rotatable bonds is 2. The smallest absolute Gasteiger partial charge is 0.133 e. The summed E-state index contributed by atoms with van der Waals surface area (Å²) in [6.07, 6.45) is 1.05. The number of halogens is 1. The van der Waals surface area contributed by atoms with Crippen LogP contribution in [-0.2, 0) is 6.42 Å². The lowest BCUT2D eigenvalue weighted by Crippen LogP contribution is -1.86. The Bertz CT molecular complexity index is 1190. The van der Waals surface area contributed by atoms with Crippen LogP contribution in [0.2, 0.25) is 0 Å². The van der Waals surface area contributed by atoms with Gasteiger partial charge < -0.3 is 0 Å². The van der Waals surface area contributed by atoms with E-state index in [0.29, 0.717) is 10.9 Å². The molecule has 0 aliphatic carbocycles. The first-order valence-corrected chi connectivity index (χ1v) is 9.54. The van der Waals surface area contributed by atoms with Crippen molar-refractivity contribution in [3.8, 4) is 23.0 Å². The molecule has 4 aromatic carbocycles. The molecule has 0 nitrogen and oxygen atoms in total. The minimum atomic E-state index is -0.153. The van der Waals surface area contributed by atoms with E-state index < -0.39 is 0 Å². The topological polar surface area (TPSA) is 0 Å². The third kappa shape index (κ3) is 3.68. The van der Waals surface area contributed by atoms with E-state index in [1.807, 2.05) is 36.4 Å². The van der Waals surface area contributed by atoms with E-state index >= 15 is 0 Å². The summed E-state index contributed by atoms with van der Waals surface area (Å²) in [5.74, 6) is 6.24. The highest BCUT2D eigenvalue weighted by atomic mass is 19.1. The van der Waals surface area contributed by atoms with Gasteiger partial charge in [-0.25, -0.2) is 4.39 Å². The third-order valence-corrected chi connectivity index (χ3v) is 5.08. The van der Waals surface area contributed by atoms with E-state index in [1.165, 1.54) is 16.7 Å². The highest BCUT2D eigenvalue weighted by molar-refractivity contribution is 5.85. The molecular formula is C27H21F. The van der Waals surface area contributed by atoms with Gasteiger partial charge in [0.05, 0.1) is 0 Å². The van der Waals surface area contributed by atoms with Crippen molar-refractivity contribution in [1.82, 2.24) is 0 Å². The Kier molecular flexibility index (Phi) is 4.96. The van der Waals surface area contributed by atoms with Crippen LogP contribution in [0.1, 0.15) is 29.2 Å². The first-order valence-electron chi connectivity index (χ1n) is 9.54. The molecule has 0 fully saturated rings. The Morgan fingerprint density at radius 1 is 0.714 bits per heavy atom. The zero-order chi connectivity index (χ0) is 19.5. The quantitative estimate of drug-likeness (QED) is 0.339. The summed E-state index contributed by atoms with van der Waals surface area (Å²) in [7, 11) is 0. The van der Waals surface area contributed by atoms with E-state index in [9.17, 15) is 4.39 Å². The maximum atomic E-state index is 14.2. The third-order valence-electron chi connectivity index (χ3n) is 5.08. The second kappa shape index (κ2) is 7.71. The van der Waals surface area contributed by atoms with E-state index in [1.54, 1.807) is 13.0 Å². The molecule has 0 radical (unpaired) electrons. The molecule has 0 aliphatic heterocycles. The van der Waals surface area contributed by atoms with Gasteiger partial charge in [0.1, 0.15) is 5.82 Å². The molecule has 4 rings (SSSR count). The van der Waals surface area contributed by atoms with Crippen molar-refractivity contribution in [3.05, 3.63) is 107 Å². The van der Waals surface area contributed by atoms with Crippen molar-refractivity contribution in [2.75, 3.05) is 0 Å². The van der Waals surface area contributed by atoms with E-state index in [0.717, 1.165) is 22.9 Å². The Labute approximate surface area is 165 Å². The number of hydrogen-bond donors (Lipinski definition) is 0. The average molecular weight is 364 g/mol. The molecule has 0 aliphatic rings. The van der Waals surface area contributed by atoms with Crippen LogP contribution in [0.15, 0.2) is 78.9 Å². The fourth-order valence-corrected chi connectivity index (χ4v) is 3.30. The summed E-state index contributed by atoms with van der Waals surface area (Å²) in [4.78, 5) is 0. The number of benzene rings is 4. The lowest BCUT2D eigenvalue weighted by molar-refractivity contribution is 0.631. The Balaban J connectivity index is 1.57. The summed E-state index contributed by atoms with van der Waals surface area (Å²) < 4.78 is 14.2. The standard InChI is InChI=1S/C27H21F/c1-3-20-7-13-23(14-8-20)24-15-9-21(10-16-24)5-6-22-11-17-26-25(18-22)12-4-19(2)27(26)28/h4,7-18H,3H2,1-2H3. The van der Waals surface area contributed by atoms with Crippen LogP contribution in [0, 0.1) is 24.6 Å². The van der Waals surface area contributed by atoms with Gasteiger partial charge in [-0.15, -0.1) is 0 Å². The van der Waals surface area contributed by atoms with Crippen LogP contribution in [0.25, 0.3) is 21.9 Å². The van der Waals surface area contributed by atoms with Crippen LogP contribution in [0.4, 0.5) is 4.39 Å². The molecule has 0 aromatic heterocycles. The molecular weight excluding hydrogens is 343 g/mol. The largest absolute Gasteiger partial charge is 0.206 e. The highest BCUT2D eigenvalue weighted by Gasteiger charge is 2.04. The number of aryl methyl sites for hydroxylation is 2. The van der Waals surface area contributed by atoms with Crippen molar-refractivity contribution < 1.29 is 4.39 Å². The molecule has 4 aromatic rings. The second-order valence-electron chi connectivity index (χ2n) is 7.01. The Morgan fingerprint density at radius 3 is 2.00 bits per heavy atom. The number of fused-ring (bicyclic) bond motifs is 1. The van der Waals surface area contributed by atoms with Crippen molar-refractivity contribution in [2.45, 2.75) is 20.3 Å². The molecule has 0 unspecified atom stereocenters. The predicted molar refractivity (Wildman–Crippen MR) is 116 cm³/mol. The summed E-state index contributed by atoms with van der Waals surface area (Å²) in [6, 6.07) is 26.3. The summed E-state index contributed by atoms with van der Waals surface area (Å²) in [6.45, 7) is 3.94. The zero-order valence-electron chi connectivity index (χ0n) is 16.1. The minimum absolute atomic E-state index is 0.153. The Morgan fingerprint density at radius 2 is 1.32 bits per heavy atom. The fourth-order valence-electron chi connectivity index (χ4n) is 3.30. The van der Waals surface area contributed by atoms with Gasteiger partial charge in [-0.1, -0.05) is 73.4 Å². The molecule has 0 saturated heterocycles. The highest BCUT2D eigenvalue weighted by Crippen LogP contribution is 2.22. The lowest BCUT2D eigenvalue weighted by atomic mass is 10.0. The van der Waals surface area contributed by atoms with E-state index in [-0.39, 0.29) is 5.82 Å². The maximum Gasteiger partial charge on any atom is 0.133 e. The van der Waals surface area contributed by atoms with E-state index in [4.69, 9.17) is 0 Å². The van der Waals surface area contributed by atoms with Crippen molar-refractivity contribution >= 4 is 10.8 Å². The molecule has 0 N–H and O–H groups in total. The molecule has 136 valence electrons. The van der Waals surface area contributed by atoms with Gasteiger partial charge in [0.2, 0.25) is 0 Å². The molecule has 0 saturated carbocycles. The van der Waals surface area contributed by atoms with Gasteiger partial charge in [0, 0.05) is 16.5 Å². The van der Waals surface area contributed by atoms with Crippen molar-refractivity contribution in [1.29, 1.82) is 0 Å². The molecule has 1 heteroatoms. The SMILES string of the molecule is CCc1ccc(-c2ccc(C#Cc3ccc4c(F)c(C)ccc4c3)cc2)cc1. The average Bonchev–Trinajstić information content (AvgIpc) is 2.75. The van der Waals surface area contributed by atoms with Crippen molar-refractivity contribution in [2.24, 2.45) is 0 Å². The molecule has 0 amide bonds. The minimum Gasteiger partial charge on any atom is -0.206 e. The van der Waals surface area contributed by atoms with E-state index in [2.05, 4.69) is 55.2 Å².